The first-order valence-electron chi connectivity index (χ1n) is 8.29. The van der Waals surface area contributed by atoms with Crippen molar-refractivity contribution in [2.24, 2.45) is 5.92 Å². The van der Waals surface area contributed by atoms with Crippen molar-refractivity contribution in [3.63, 3.8) is 0 Å². The molecule has 2 rings (SSSR count). The largest absolute Gasteiger partial charge is 0.300 e. The molecule has 0 N–H and O–H groups in total. The van der Waals surface area contributed by atoms with Crippen molar-refractivity contribution in [3.05, 3.63) is 71.3 Å². The summed E-state index contributed by atoms with van der Waals surface area (Å²) in [7, 11) is 0. The Balaban J connectivity index is 2.26. The molecule has 1 unspecified atom stereocenters. The van der Waals surface area contributed by atoms with E-state index in [9.17, 15) is 9.59 Å². The molecule has 0 aromatic heterocycles. The van der Waals surface area contributed by atoms with Crippen molar-refractivity contribution in [2.75, 3.05) is 0 Å². The Labute approximate surface area is 138 Å². The summed E-state index contributed by atoms with van der Waals surface area (Å²) >= 11 is 0. The number of carbonyl (C=O) groups is 2. The molecule has 0 radical (unpaired) electrons. The summed E-state index contributed by atoms with van der Waals surface area (Å²) in [5, 5.41) is 0. The highest BCUT2D eigenvalue weighted by atomic mass is 16.1. The Morgan fingerprint density at radius 1 is 0.957 bits per heavy atom. The maximum Gasteiger partial charge on any atom is 0.193 e. The molecular formula is C21H24O2. The van der Waals surface area contributed by atoms with Crippen molar-refractivity contribution in [1.82, 2.24) is 0 Å². The van der Waals surface area contributed by atoms with Gasteiger partial charge in [0.25, 0.3) is 0 Å². The maximum atomic E-state index is 12.8. The third-order valence-electron chi connectivity index (χ3n) is 4.08. The van der Waals surface area contributed by atoms with Crippen LogP contribution in [-0.2, 0) is 11.2 Å². The highest BCUT2D eigenvalue weighted by Gasteiger charge is 2.17. The first-order chi connectivity index (χ1) is 11.1. The number of carbonyl (C=O) groups excluding carboxylic acids is 2. The predicted octanol–water partition coefficient (Wildman–Crippen LogP) is 4.86. The number of Topliss-reactive ketones (excluding diaryl/α,β-unsaturated/α-hetero) is 1. The predicted molar refractivity (Wildman–Crippen MR) is 93.7 cm³/mol. The summed E-state index contributed by atoms with van der Waals surface area (Å²) in [6, 6.07) is 17.1. The van der Waals surface area contributed by atoms with Crippen molar-refractivity contribution in [1.29, 1.82) is 0 Å². The van der Waals surface area contributed by atoms with Gasteiger partial charge < -0.3 is 4.79 Å². The van der Waals surface area contributed by atoms with Gasteiger partial charge in [-0.3, -0.25) is 4.79 Å². The van der Waals surface area contributed by atoms with Crippen LogP contribution in [0.2, 0.25) is 0 Å². The minimum absolute atomic E-state index is 0.0549. The summed E-state index contributed by atoms with van der Waals surface area (Å²) < 4.78 is 0. The highest BCUT2D eigenvalue weighted by Crippen LogP contribution is 2.22. The zero-order chi connectivity index (χ0) is 16.7. The van der Waals surface area contributed by atoms with Crippen molar-refractivity contribution >= 4 is 11.6 Å². The lowest BCUT2D eigenvalue weighted by molar-refractivity contribution is -0.117. The lowest BCUT2D eigenvalue weighted by Gasteiger charge is -2.17. The Hall–Kier alpha value is -2.22. The molecule has 0 aliphatic rings. The zero-order valence-electron chi connectivity index (χ0n) is 13.9. The number of rotatable bonds is 8. The number of ketones is 2. The summed E-state index contributed by atoms with van der Waals surface area (Å²) in [6.45, 7) is 3.78. The van der Waals surface area contributed by atoms with Crippen LogP contribution in [0.3, 0.4) is 0 Å². The van der Waals surface area contributed by atoms with E-state index in [1.807, 2.05) is 54.6 Å². The Bertz CT molecular complexity index is 659. The maximum absolute atomic E-state index is 12.8. The molecule has 1 atom stereocenters. The minimum atomic E-state index is 0.0549. The van der Waals surface area contributed by atoms with E-state index in [2.05, 4.69) is 6.92 Å². The molecule has 0 bridgehead atoms. The van der Waals surface area contributed by atoms with Crippen LogP contribution in [0, 0.1) is 5.92 Å². The van der Waals surface area contributed by atoms with Crippen LogP contribution in [0.5, 0.6) is 0 Å². The molecule has 2 heteroatoms. The Morgan fingerprint density at radius 2 is 1.61 bits per heavy atom. The van der Waals surface area contributed by atoms with Gasteiger partial charge >= 0.3 is 0 Å². The summed E-state index contributed by atoms with van der Waals surface area (Å²) in [5.41, 5.74) is 2.50. The van der Waals surface area contributed by atoms with Crippen LogP contribution >= 0.6 is 0 Å². The normalized spacial score (nSPS) is 11.9. The highest BCUT2D eigenvalue weighted by molar-refractivity contribution is 6.09. The van der Waals surface area contributed by atoms with E-state index in [4.69, 9.17) is 0 Å². The molecule has 0 amide bonds. The average Bonchev–Trinajstić information content (AvgIpc) is 2.55. The second-order valence-electron chi connectivity index (χ2n) is 6.12. The van der Waals surface area contributed by atoms with Crippen LogP contribution in [0.25, 0.3) is 0 Å². The molecule has 0 aliphatic heterocycles. The first kappa shape index (κ1) is 17.1. The number of benzene rings is 2. The Kier molecular flexibility index (Phi) is 6.28. The summed E-state index contributed by atoms with van der Waals surface area (Å²) in [5.74, 6) is 0.580. The molecule has 0 saturated carbocycles. The van der Waals surface area contributed by atoms with Gasteiger partial charge in [-0.25, -0.2) is 0 Å². The molecule has 2 aromatic carbocycles. The van der Waals surface area contributed by atoms with Crippen LogP contribution in [0.1, 0.15) is 54.6 Å². The van der Waals surface area contributed by atoms with E-state index >= 15 is 0 Å². The summed E-state index contributed by atoms with van der Waals surface area (Å²) in [6.07, 6.45) is 3.42. The van der Waals surface area contributed by atoms with E-state index in [1.54, 1.807) is 6.92 Å². The molecule has 0 saturated heterocycles. The van der Waals surface area contributed by atoms with Gasteiger partial charge in [-0.2, -0.15) is 0 Å². The molecule has 0 heterocycles. The number of hydrogen-bond donors (Lipinski definition) is 0. The van der Waals surface area contributed by atoms with Gasteiger partial charge in [-0.1, -0.05) is 67.9 Å². The molecule has 0 spiro atoms. The van der Waals surface area contributed by atoms with Gasteiger partial charge in [0.05, 0.1) is 0 Å². The van der Waals surface area contributed by atoms with Gasteiger partial charge in [0, 0.05) is 17.5 Å². The molecule has 2 nitrogen and oxygen atoms in total. The SMILES string of the molecule is CCCC(CC(C)=O)Cc1ccccc1C(=O)c1ccccc1. The van der Waals surface area contributed by atoms with Gasteiger partial charge in [-0.15, -0.1) is 0 Å². The minimum Gasteiger partial charge on any atom is -0.300 e. The zero-order valence-corrected chi connectivity index (χ0v) is 13.9. The van der Waals surface area contributed by atoms with E-state index < -0.39 is 0 Å². The lowest BCUT2D eigenvalue weighted by atomic mass is 9.87. The average molecular weight is 308 g/mol. The quantitative estimate of drug-likeness (QED) is 0.653. The fourth-order valence-electron chi connectivity index (χ4n) is 3.07. The lowest BCUT2D eigenvalue weighted by Crippen LogP contribution is -2.13. The topological polar surface area (TPSA) is 34.1 Å². The third kappa shape index (κ3) is 4.88. The van der Waals surface area contributed by atoms with Gasteiger partial charge in [0.1, 0.15) is 5.78 Å². The van der Waals surface area contributed by atoms with E-state index in [0.29, 0.717) is 17.9 Å². The van der Waals surface area contributed by atoms with Crippen LogP contribution in [-0.4, -0.2) is 11.6 Å². The van der Waals surface area contributed by atoms with E-state index in [1.165, 1.54) is 0 Å². The second-order valence-corrected chi connectivity index (χ2v) is 6.12. The molecule has 23 heavy (non-hydrogen) atoms. The summed E-state index contributed by atoms with van der Waals surface area (Å²) in [4.78, 5) is 24.3. The monoisotopic (exact) mass is 308 g/mol. The van der Waals surface area contributed by atoms with E-state index in [0.717, 1.165) is 30.4 Å². The first-order valence-corrected chi connectivity index (χ1v) is 8.29. The fourth-order valence-corrected chi connectivity index (χ4v) is 3.07. The van der Waals surface area contributed by atoms with Gasteiger partial charge in [0.2, 0.25) is 0 Å². The van der Waals surface area contributed by atoms with Crippen LogP contribution in [0.15, 0.2) is 54.6 Å². The van der Waals surface area contributed by atoms with Crippen molar-refractivity contribution in [2.45, 2.75) is 39.5 Å². The van der Waals surface area contributed by atoms with Crippen molar-refractivity contribution < 1.29 is 9.59 Å². The second kappa shape index (κ2) is 8.42. The van der Waals surface area contributed by atoms with Gasteiger partial charge in [-0.05, 0) is 31.2 Å². The molecular weight excluding hydrogens is 284 g/mol. The van der Waals surface area contributed by atoms with Crippen molar-refractivity contribution in [3.8, 4) is 0 Å². The number of hydrogen-bond acceptors (Lipinski definition) is 2. The fraction of sp³-hybridized carbons (Fsp3) is 0.333. The van der Waals surface area contributed by atoms with Crippen LogP contribution in [0.4, 0.5) is 0 Å². The molecule has 0 fully saturated rings. The van der Waals surface area contributed by atoms with Gasteiger partial charge in [0.15, 0.2) is 5.78 Å². The Morgan fingerprint density at radius 3 is 2.26 bits per heavy atom. The van der Waals surface area contributed by atoms with E-state index in [-0.39, 0.29) is 11.6 Å². The van der Waals surface area contributed by atoms with Crippen LogP contribution < -0.4 is 0 Å². The third-order valence-corrected chi connectivity index (χ3v) is 4.08. The standard InChI is InChI=1S/C21H24O2/c1-3-9-17(14-16(2)22)15-19-12-7-8-13-20(19)21(23)18-10-5-4-6-11-18/h4-8,10-13,17H,3,9,14-15H2,1-2H3. The molecule has 120 valence electrons. The molecule has 0 aliphatic carbocycles. The molecule has 2 aromatic rings. The smallest absolute Gasteiger partial charge is 0.193 e.